The van der Waals surface area contributed by atoms with E-state index in [0.29, 0.717) is 12.5 Å². The summed E-state index contributed by atoms with van der Waals surface area (Å²) in [5, 5.41) is 9.09. The molecule has 0 aromatic heterocycles. The van der Waals surface area contributed by atoms with E-state index in [-0.39, 0.29) is 5.91 Å². The Morgan fingerprint density at radius 1 is 1.53 bits per heavy atom. The highest BCUT2D eigenvalue weighted by Crippen LogP contribution is 2.41. The normalized spacial score (nSPS) is 18.1. The van der Waals surface area contributed by atoms with E-state index in [1.54, 1.807) is 0 Å². The SMILES string of the molecule is CCN(CC(C)C)C(=O)C1(C#N)CCC1. The fourth-order valence-corrected chi connectivity index (χ4v) is 2.00. The van der Waals surface area contributed by atoms with Crippen molar-refractivity contribution in [1.29, 1.82) is 5.26 Å². The predicted octanol–water partition coefficient (Wildman–Crippen LogP) is 2.18. The summed E-state index contributed by atoms with van der Waals surface area (Å²) >= 11 is 0. The molecule has 0 aliphatic heterocycles. The Bertz CT molecular complexity index is 274. The van der Waals surface area contributed by atoms with E-state index >= 15 is 0 Å². The third-order valence-electron chi connectivity index (χ3n) is 3.08. The van der Waals surface area contributed by atoms with Gasteiger partial charge in [0.25, 0.3) is 0 Å². The van der Waals surface area contributed by atoms with Crippen molar-refractivity contribution < 1.29 is 4.79 Å². The predicted molar refractivity (Wildman–Crippen MR) is 59.0 cm³/mol. The van der Waals surface area contributed by atoms with E-state index in [4.69, 9.17) is 5.26 Å². The van der Waals surface area contributed by atoms with Crippen LogP contribution in [0.4, 0.5) is 0 Å². The van der Waals surface area contributed by atoms with Crippen molar-refractivity contribution in [2.45, 2.75) is 40.0 Å². The van der Waals surface area contributed by atoms with Gasteiger partial charge >= 0.3 is 0 Å². The summed E-state index contributed by atoms with van der Waals surface area (Å²) in [6, 6.07) is 2.21. The largest absolute Gasteiger partial charge is 0.341 e. The monoisotopic (exact) mass is 208 g/mol. The molecule has 3 heteroatoms. The molecule has 15 heavy (non-hydrogen) atoms. The standard InChI is InChI=1S/C12H20N2O/c1-4-14(8-10(2)3)11(15)12(9-13)6-5-7-12/h10H,4-8H2,1-3H3. The van der Waals surface area contributed by atoms with E-state index < -0.39 is 5.41 Å². The summed E-state index contributed by atoms with van der Waals surface area (Å²) in [5.41, 5.74) is -0.676. The van der Waals surface area contributed by atoms with Crippen molar-refractivity contribution in [1.82, 2.24) is 4.90 Å². The van der Waals surface area contributed by atoms with Crippen LogP contribution in [0.15, 0.2) is 0 Å². The molecule has 0 aromatic carbocycles. The molecule has 0 atom stereocenters. The minimum absolute atomic E-state index is 0.0486. The zero-order valence-corrected chi connectivity index (χ0v) is 9.92. The topological polar surface area (TPSA) is 44.1 Å². The van der Waals surface area contributed by atoms with E-state index in [1.807, 2.05) is 11.8 Å². The zero-order valence-electron chi connectivity index (χ0n) is 9.92. The van der Waals surface area contributed by atoms with Crippen LogP contribution in [0.5, 0.6) is 0 Å². The van der Waals surface area contributed by atoms with Crippen molar-refractivity contribution in [3.63, 3.8) is 0 Å². The lowest BCUT2D eigenvalue weighted by molar-refractivity contribution is -0.143. The molecular weight excluding hydrogens is 188 g/mol. The maximum Gasteiger partial charge on any atom is 0.243 e. The first-order chi connectivity index (χ1) is 7.05. The molecule has 1 aliphatic carbocycles. The Morgan fingerprint density at radius 2 is 2.13 bits per heavy atom. The van der Waals surface area contributed by atoms with Gasteiger partial charge in [-0.05, 0) is 32.1 Å². The first kappa shape index (κ1) is 12.0. The van der Waals surface area contributed by atoms with Crippen molar-refractivity contribution in [3.05, 3.63) is 0 Å². The second-order valence-corrected chi connectivity index (χ2v) is 4.79. The number of hydrogen-bond donors (Lipinski definition) is 0. The highest BCUT2D eigenvalue weighted by Gasteiger charge is 2.46. The van der Waals surface area contributed by atoms with Crippen LogP contribution >= 0.6 is 0 Å². The zero-order chi connectivity index (χ0) is 11.5. The molecule has 0 unspecified atom stereocenters. The Labute approximate surface area is 92.1 Å². The van der Waals surface area contributed by atoms with Crippen LogP contribution in [0.3, 0.4) is 0 Å². The second-order valence-electron chi connectivity index (χ2n) is 4.79. The Kier molecular flexibility index (Phi) is 3.73. The molecule has 1 fully saturated rings. The average Bonchev–Trinajstić information content (AvgIpc) is 2.12. The molecule has 0 heterocycles. The Hall–Kier alpha value is -1.04. The molecule has 0 bridgehead atoms. The molecule has 0 radical (unpaired) electrons. The van der Waals surface area contributed by atoms with Crippen LogP contribution in [-0.2, 0) is 4.79 Å². The molecule has 3 nitrogen and oxygen atoms in total. The van der Waals surface area contributed by atoms with Crippen molar-refractivity contribution >= 4 is 5.91 Å². The average molecular weight is 208 g/mol. The summed E-state index contributed by atoms with van der Waals surface area (Å²) in [7, 11) is 0. The lowest BCUT2D eigenvalue weighted by atomic mass is 9.69. The Balaban J connectivity index is 2.68. The van der Waals surface area contributed by atoms with Crippen molar-refractivity contribution in [2.24, 2.45) is 11.3 Å². The van der Waals surface area contributed by atoms with Crippen LogP contribution in [-0.4, -0.2) is 23.9 Å². The van der Waals surface area contributed by atoms with E-state index in [9.17, 15) is 4.79 Å². The fourth-order valence-electron chi connectivity index (χ4n) is 2.00. The highest BCUT2D eigenvalue weighted by molar-refractivity contribution is 5.86. The highest BCUT2D eigenvalue weighted by atomic mass is 16.2. The molecule has 0 spiro atoms. The number of nitriles is 1. The quantitative estimate of drug-likeness (QED) is 0.710. The molecule has 0 N–H and O–H groups in total. The van der Waals surface area contributed by atoms with Crippen LogP contribution in [0.25, 0.3) is 0 Å². The first-order valence-electron chi connectivity index (χ1n) is 5.76. The fraction of sp³-hybridized carbons (Fsp3) is 0.833. The van der Waals surface area contributed by atoms with Gasteiger partial charge in [-0.15, -0.1) is 0 Å². The lowest BCUT2D eigenvalue weighted by Gasteiger charge is -2.38. The van der Waals surface area contributed by atoms with Crippen LogP contribution < -0.4 is 0 Å². The first-order valence-corrected chi connectivity index (χ1v) is 5.76. The van der Waals surface area contributed by atoms with Gasteiger partial charge in [0.2, 0.25) is 5.91 Å². The third-order valence-corrected chi connectivity index (χ3v) is 3.08. The van der Waals surface area contributed by atoms with Gasteiger partial charge in [-0.25, -0.2) is 0 Å². The number of hydrogen-bond acceptors (Lipinski definition) is 2. The Morgan fingerprint density at radius 3 is 2.40 bits per heavy atom. The summed E-state index contributed by atoms with van der Waals surface area (Å²) in [6.45, 7) is 7.63. The summed E-state index contributed by atoms with van der Waals surface area (Å²) in [4.78, 5) is 14.0. The van der Waals surface area contributed by atoms with Crippen LogP contribution in [0, 0.1) is 22.7 Å². The van der Waals surface area contributed by atoms with E-state index in [2.05, 4.69) is 19.9 Å². The van der Waals surface area contributed by atoms with Gasteiger partial charge in [-0.2, -0.15) is 5.26 Å². The summed E-state index contributed by atoms with van der Waals surface area (Å²) in [6.07, 6.45) is 2.51. The van der Waals surface area contributed by atoms with Gasteiger partial charge in [0.1, 0.15) is 5.41 Å². The van der Waals surface area contributed by atoms with Gasteiger partial charge < -0.3 is 4.90 Å². The van der Waals surface area contributed by atoms with Gasteiger partial charge in [-0.3, -0.25) is 4.79 Å². The summed E-state index contributed by atoms with van der Waals surface area (Å²) in [5.74, 6) is 0.511. The van der Waals surface area contributed by atoms with Gasteiger partial charge in [-0.1, -0.05) is 13.8 Å². The molecule has 1 saturated carbocycles. The van der Waals surface area contributed by atoms with Gasteiger partial charge in [0.05, 0.1) is 6.07 Å². The number of nitrogens with zero attached hydrogens (tertiary/aromatic N) is 2. The molecule has 84 valence electrons. The van der Waals surface area contributed by atoms with Crippen molar-refractivity contribution in [3.8, 4) is 6.07 Å². The summed E-state index contributed by atoms with van der Waals surface area (Å²) < 4.78 is 0. The molecule has 0 aromatic rings. The number of rotatable bonds is 4. The smallest absolute Gasteiger partial charge is 0.243 e. The van der Waals surface area contributed by atoms with Crippen molar-refractivity contribution in [2.75, 3.05) is 13.1 Å². The molecular formula is C12H20N2O. The van der Waals surface area contributed by atoms with E-state index in [1.165, 1.54) is 0 Å². The van der Waals surface area contributed by atoms with Crippen LogP contribution in [0.2, 0.25) is 0 Å². The number of carbonyl (C=O) groups is 1. The third kappa shape index (κ3) is 2.31. The maximum atomic E-state index is 12.1. The molecule has 0 saturated heterocycles. The second kappa shape index (κ2) is 4.65. The molecule has 1 amide bonds. The van der Waals surface area contributed by atoms with Gasteiger partial charge in [0.15, 0.2) is 0 Å². The number of carbonyl (C=O) groups excluding carboxylic acids is 1. The molecule has 1 rings (SSSR count). The maximum absolute atomic E-state index is 12.1. The lowest BCUT2D eigenvalue weighted by Crippen LogP contribution is -2.48. The minimum atomic E-state index is -0.676. The molecule has 1 aliphatic rings. The minimum Gasteiger partial charge on any atom is -0.341 e. The van der Waals surface area contributed by atoms with Gasteiger partial charge in [0, 0.05) is 13.1 Å². The number of amides is 1. The van der Waals surface area contributed by atoms with E-state index in [0.717, 1.165) is 25.8 Å². The van der Waals surface area contributed by atoms with Crippen LogP contribution in [0.1, 0.15) is 40.0 Å².